The molecule has 0 aliphatic heterocycles. The largest absolute Gasteiger partial charge is 0.294 e. The Kier molecular flexibility index (Phi) is 4.06. The highest BCUT2D eigenvalue weighted by Crippen LogP contribution is 2.22. The molecular weight excluding hydrogens is 256 g/mol. The zero-order valence-electron chi connectivity index (χ0n) is 11.5. The van der Waals surface area contributed by atoms with Crippen molar-refractivity contribution >= 4 is 17.4 Å². The van der Waals surface area contributed by atoms with Crippen molar-refractivity contribution in [3.63, 3.8) is 0 Å². The molecule has 98 valence electrons. The van der Waals surface area contributed by atoms with Crippen molar-refractivity contribution in [2.75, 3.05) is 0 Å². The predicted octanol–water partition coefficient (Wildman–Crippen LogP) is 4.69. The van der Waals surface area contributed by atoms with Crippen LogP contribution in [0.4, 0.5) is 0 Å². The summed E-state index contributed by atoms with van der Waals surface area (Å²) in [5.74, 6) is 0.0717. The van der Waals surface area contributed by atoms with E-state index < -0.39 is 0 Å². The van der Waals surface area contributed by atoms with Crippen LogP contribution in [-0.4, -0.2) is 5.78 Å². The van der Waals surface area contributed by atoms with E-state index in [2.05, 4.69) is 18.2 Å². The molecule has 0 bridgehead atoms. The van der Waals surface area contributed by atoms with E-state index in [4.69, 9.17) is 11.6 Å². The average Bonchev–Trinajstić information content (AvgIpc) is 2.37. The molecule has 1 nitrogen and oxygen atoms in total. The molecule has 0 radical (unpaired) electrons. The summed E-state index contributed by atoms with van der Waals surface area (Å²) >= 11 is 6.20. The van der Waals surface area contributed by atoms with Crippen molar-refractivity contribution in [1.29, 1.82) is 0 Å². The summed E-state index contributed by atoms with van der Waals surface area (Å²) in [4.78, 5) is 12.4. The second-order valence-corrected chi connectivity index (χ2v) is 5.34. The van der Waals surface area contributed by atoms with Gasteiger partial charge >= 0.3 is 0 Å². The van der Waals surface area contributed by atoms with Crippen LogP contribution in [0.3, 0.4) is 0 Å². The number of hydrogen-bond acceptors (Lipinski definition) is 1. The van der Waals surface area contributed by atoms with Gasteiger partial charge in [-0.25, -0.2) is 0 Å². The monoisotopic (exact) mass is 272 g/mol. The molecule has 0 aliphatic rings. The third kappa shape index (κ3) is 3.05. The van der Waals surface area contributed by atoms with Crippen molar-refractivity contribution in [2.24, 2.45) is 0 Å². The number of rotatable bonds is 3. The average molecular weight is 273 g/mol. The van der Waals surface area contributed by atoms with Crippen LogP contribution < -0.4 is 0 Å². The fourth-order valence-corrected chi connectivity index (χ4v) is 2.35. The smallest absolute Gasteiger partial charge is 0.168 e. The first-order valence-corrected chi connectivity index (χ1v) is 6.71. The van der Waals surface area contributed by atoms with Crippen molar-refractivity contribution < 1.29 is 4.79 Å². The summed E-state index contributed by atoms with van der Waals surface area (Å²) in [5.41, 5.74) is 4.94. The number of Topliss-reactive ketones (excluding diaryl/α,β-unsaturated/α-hetero) is 1. The summed E-state index contributed by atoms with van der Waals surface area (Å²) in [6.07, 6.45) is 0.399. The highest BCUT2D eigenvalue weighted by atomic mass is 35.5. The fourth-order valence-electron chi connectivity index (χ4n) is 2.12. The van der Waals surface area contributed by atoms with Crippen LogP contribution in [0.5, 0.6) is 0 Å². The van der Waals surface area contributed by atoms with E-state index in [9.17, 15) is 4.79 Å². The van der Waals surface area contributed by atoms with Gasteiger partial charge in [0.15, 0.2) is 5.78 Å². The first-order chi connectivity index (χ1) is 8.99. The SMILES string of the molecule is Cc1ccc(C)c(CC(=O)c2cccc(C)c2Cl)c1. The predicted molar refractivity (Wildman–Crippen MR) is 80.1 cm³/mol. The maximum absolute atomic E-state index is 12.4. The summed E-state index contributed by atoms with van der Waals surface area (Å²) in [5, 5.41) is 0.567. The van der Waals surface area contributed by atoms with E-state index in [1.54, 1.807) is 6.07 Å². The molecule has 2 aromatic carbocycles. The van der Waals surface area contributed by atoms with Crippen LogP contribution in [-0.2, 0) is 6.42 Å². The molecule has 0 aromatic heterocycles. The molecule has 0 spiro atoms. The van der Waals surface area contributed by atoms with Crippen molar-refractivity contribution in [1.82, 2.24) is 0 Å². The number of halogens is 1. The van der Waals surface area contributed by atoms with Gasteiger partial charge in [0.2, 0.25) is 0 Å². The summed E-state index contributed by atoms with van der Waals surface area (Å²) in [7, 11) is 0. The standard InChI is InChI=1S/C17H17ClO/c1-11-7-8-12(2)14(9-11)10-16(19)15-6-4-5-13(3)17(15)18/h4-9H,10H2,1-3H3. The van der Waals surface area contributed by atoms with E-state index in [0.29, 0.717) is 17.0 Å². The third-order valence-corrected chi connectivity index (χ3v) is 3.85. The normalized spacial score (nSPS) is 10.5. The van der Waals surface area contributed by atoms with E-state index in [0.717, 1.165) is 16.7 Å². The molecule has 0 heterocycles. The quantitative estimate of drug-likeness (QED) is 0.741. The van der Waals surface area contributed by atoms with Crippen molar-refractivity contribution in [3.8, 4) is 0 Å². The maximum Gasteiger partial charge on any atom is 0.168 e. The minimum atomic E-state index is 0.0717. The molecule has 0 saturated carbocycles. The molecule has 2 heteroatoms. The first-order valence-electron chi connectivity index (χ1n) is 6.33. The van der Waals surface area contributed by atoms with Crippen molar-refractivity contribution in [3.05, 3.63) is 69.2 Å². The number of hydrogen-bond donors (Lipinski definition) is 0. The lowest BCUT2D eigenvalue weighted by Crippen LogP contribution is -2.06. The van der Waals surface area contributed by atoms with Gasteiger partial charge in [0.1, 0.15) is 0 Å². The maximum atomic E-state index is 12.4. The van der Waals surface area contributed by atoms with E-state index >= 15 is 0 Å². The van der Waals surface area contributed by atoms with Crippen LogP contribution in [0.1, 0.15) is 32.6 Å². The lowest BCUT2D eigenvalue weighted by Gasteiger charge is -2.09. The molecule has 0 aliphatic carbocycles. The van der Waals surface area contributed by atoms with Crippen molar-refractivity contribution in [2.45, 2.75) is 27.2 Å². The van der Waals surface area contributed by atoms with Gasteiger partial charge in [-0.2, -0.15) is 0 Å². The van der Waals surface area contributed by atoms with Crippen LogP contribution in [0, 0.1) is 20.8 Å². The molecule has 19 heavy (non-hydrogen) atoms. The van der Waals surface area contributed by atoms with Gasteiger partial charge in [-0.3, -0.25) is 4.79 Å². The lowest BCUT2D eigenvalue weighted by atomic mass is 9.97. The Morgan fingerprint density at radius 2 is 1.79 bits per heavy atom. The third-order valence-electron chi connectivity index (χ3n) is 3.35. The second-order valence-electron chi connectivity index (χ2n) is 4.97. The molecule has 2 aromatic rings. The Bertz CT molecular complexity index is 629. The van der Waals surface area contributed by atoms with Gasteiger partial charge in [-0.05, 0) is 43.5 Å². The van der Waals surface area contributed by atoms with Gasteiger partial charge in [0.05, 0.1) is 5.02 Å². The molecule has 0 fully saturated rings. The molecule has 0 amide bonds. The molecule has 2 rings (SSSR count). The fraction of sp³-hybridized carbons (Fsp3) is 0.235. The van der Waals surface area contributed by atoms with Gasteiger partial charge in [-0.15, -0.1) is 0 Å². The molecular formula is C17H17ClO. The van der Waals surface area contributed by atoms with E-state index in [-0.39, 0.29) is 5.78 Å². The first kappa shape index (κ1) is 13.8. The zero-order valence-corrected chi connectivity index (χ0v) is 12.2. The molecule has 0 atom stereocenters. The number of carbonyl (C=O) groups is 1. The number of ketones is 1. The summed E-state index contributed by atoms with van der Waals surface area (Å²) in [6, 6.07) is 11.8. The van der Waals surface area contributed by atoms with Gasteiger partial charge < -0.3 is 0 Å². The number of aryl methyl sites for hydroxylation is 3. The minimum absolute atomic E-state index is 0.0717. The Morgan fingerprint density at radius 1 is 1.05 bits per heavy atom. The number of benzene rings is 2. The Morgan fingerprint density at radius 3 is 2.53 bits per heavy atom. The molecule has 0 N–H and O–H groups in total. The highest BCUT2D eigenvalue weighted by molar-refractivity contribution is 6.34. The van der Waals surface area contributed by atoms with Crippen LogP contribution >= 0.6 is 11.6 Å². The lowest BCUT2D eigenvalue weighted by molar-refractivity contribution is 0.0993. The van der Waals surface area contributed by atoms with Crippen LogP contribution in [0.2, 0.25) is 5.02 Å². The van der Waals surface area contributed by atoms with Crippen LogP contribution in [0.15, 0.2) is 36.4 Å². The highest BCUT2D eigenvalue weighted by Gasteiger charge is 2.13. The summed E-state index contributed by atoms with van der Waals surface area (Å²) in [6.45, 7) is 5.98. The van der Waals surface area contributed by atoms with E-state index in [1.807, 2.05) is 32.9 Å². The molecule has 0 saturated heterocycles. The number of carbonyl (C=O) groups excluding carboxylic acids is 1. The van der Waals surface area contributed by atoms with Gasteiger partial charge in [0, 0.05) is 12.0 Å². The molecule has 0 unspecified atom stereocenters. The van der Waals surface area contributed by atoms with Crippen LogP contribution in [0.25, 0.3) is 0 Å². The Balaban J connectivity index is 2.31. The van der Waals surface area contributed by atoms with E-state index in [1.165, 1.54) is 5.56 Å². The topological polar surface area (TPSA) is 17.1 Å². The van der Waals surface area contributed by atoms with Gasteiger partial charge in [-0.1, -0.05) is 47.5 Å². The zero-order chi connectivity index (χ0) is 14.0. The Hall–Kier alpha value is -1.60. The minimum Gasteiger partial charge on any atom is -0.294 e. The second kappa shape index (κ2) is 5.58. The Labute approximate surface area is 119 Å². The van der Waals surface area contributed by atoms with Gasteiger partial charge in [0.25, 0.3) is 0 Å². The summed E-state index contributed by atoms with van der Waals surface area (Å²) < 4.78 is 0.